The average molecular weight is 450 g/mol. The van der Waals surface area contributed by atoms with E-state index in [2.05, 4.69) is 33.1 Å². The van der Waals surface area contributed by atoms with E-state index in [9.17, 15) is 8.42 Å². The predicted octanol–water partition coefficient (Wildman–Crippen LogP) is 4.18. The van der Waals surface area contributed by atoms with Gasteiger partial charge in [0.1, 0.15) is 0 Å². The number of anilines is 1. The molecule has 5 nitrogen and oxygen atoms in total. The number of likely N-dealkylation sites (N-methyl/N-ethyl adjacent to an activating group) is 1. The third-order valence-corrected chi connectivity index (χ3v) is 6.69. The van der Waals surface area contributed by atoms with E-state index in [4.69, 9.17) is 0 Å². The Morgan fingerprint density at radius 2 is 1.89 bits per heavy atom. The van der Waals surface area contributed by atoms with Gasteiger partial charge in [0.25, 0.3) is 10.0 Å². The van der Waals surface area contributed by atoms with Crippen LogP contribution in [0.3, 0.4) is 0 Å². The van der Waals surface area contributed by atoms with Crippen molar-refractivity contribution in [2.24, 2.45) is 0 Å². The number of benzene rings is 2. The van der Waals surface area contributed by atoms with E-state index in [1.54, 1.807) is 18.3 Å². The van der Waals surface area contributed by atoms with Crippen molar-refractivity contribution >= 4 is 42.5 Å². The van der Waals surface area contributed by atoms with Gasteiger partial charge in [-0.25, -0.2) is 12.4 Å². The highest BCUT2D eigenvalue weighted by Gasteiger charge is 2.20. The zero-order valence-electron chi connectivity index (χ0n) is 15.7. The lowest BCUT2D eigenvalue weighted by Crippen LogP contribution is -2.21. The van der Waals surface area contributed by atoms with Crippen LogP contribution in [-0.2, 0) is 16.4 Å². The number of aromatic nitrogens is 1. The summed E-state index contributed by atoms with van der Waals surface area (Å²) in [5, 5.41) is 4.25. The summed E-state index contributed by atoms with van der Waals surface area (Å²) in [5.74, 6) is 0. The van der Waals surface area contributed by atoms with Gasteiger partial charge in [0.15, 0.2) is 0 Å². The molecule has 0 bridgehead atoms. The van der Waals surface area contributed by atoms with E-state index in [0.717, 1.165) is 40.6 Å². The van der Waals surface area contributed by atoms with E-state index in [1.807, 2.05) is 44.4 Å². The molecule has 0 amide bonds. The van der Waals surface area contributed by atoms with Gasteiger partial charge in [-0.15, -0.1) is 0 Å². The highest BCUT2D eigenvalue weighted by atomic mass is 79.9. The molecule has 7 heteroatoms. The lowest BCUT2D eigenvalue weighted by atomic mass is 10.1. The smallest absolute Gasteiger partial charge is 0.268 e. The second-order valence-electron chi connectivity index (χ2n) is 6.72. The molecule has 3 rings (SSSR count). The van der Waals surface area contributed by atoms with Crippen LogP contribution in [0.15, 0.2) is 58.0 Å². The lowest BCUT2D eigenvalue weighted by Gasteiger charge is -2.16. The fourth-order valence-electron chi connectivity index (χ4n) is 3.01. The largest absolute Gasteiger partial charge is 0.384 e. The van der Waals surface area contributed by atoms with E-state index >= 15 is 0 Å². The summed E-state index contributed by atoms with van der Waals surface area (Å²) < 4.78 is 28.8. The van der Waals surface area contributed by atoms with E-state index < -0.39 is 10.0 Å². The van der Waals surface area contributed by atoms with Crippen molar-refractivity contribution in [2.45, 2.75) is 18.2 Å². The average Bonchev–Trinajstić information content (AvgIpc) is 3.05. The van der Waals surface area contributed by atoms with Crippen LogP contribution in [0, 0.1) is 0 Å². The molecule has 0 fully saturated rings. The third kappa shape index (κ3) is 4.20. The summed E-state index contributed by atoms with van der Waals surface area (Å²) in [5.41, 5.74) is 2.65. The highest BCUT2D eigenvalue weighted by Crippen LogP contribution is 2.27. The van der Waals surface area contributed by atoms with Crippen molar-refractivity contribution in [3.63, 3.8) is 0 Å². The molecule has 0 spiro atoms. The monoisotopic (exact) mass is 449 g/mol. The molecule has 0 aliphatic carbocycles. The molecule has 2 aromatic carbocycles. The van der Waals surface area contributed by atoms with Crippen molar-refractivity contribution in [2.75, 3.05) is 32.5 Å². The standard InChI is InChI=1S/C20H24BrN3O2S/c1-4-15-5-7-18(14-19(15)22-10-12-23(2)3)27(25,26)24-11-9-16-13-17(21)6-8-20(16)24/h5-9,11,13-14,22H,4,10,12H2,1-3H3. The molecule has 0 saturated carbocycles. The van der Waals surface area contributed by atoms with Crippen LogP contribution in [0.4, 0.5) is 5.69 Å². The number of rotatable bonds is 7. The van der Waals surface area contributed by atoms with Gasteiger partial charge in [-0.2, -0.15) is 0 Å². The first-order chi connectivity index (χ1) is 12.8. The summed E-state index contributed by atoms with van der Waals surface area (Å²) in [6.45, 7) is 3.69. The number of aryl methyl sites for hydroxylation is 1. The number of nitrogens with one attached hydrogen (secondary N) is 1. The van der Waals surface area contributed by atoms with Crippen molar-refractivity contribution < 1.29 is 8.42 Å². The summed E-state index contributed by atoms with van der Waals surface area (Å²) in [4.78, 5) is 2.37. The Bertz CT molecular complexity index is 1060. The second kappa shape index (κ2) is 8.04. The van der Waals surface area contributed by atoms with Crippen molar-refractivity contribution in [1.82, 2.24) is 8.87 Å². The van der Waals surface area contributed by atoms with Crippen LogP contribution in [0.2, 0.25) is 0 Å². The number of hydrogen-bond donors (Lipinski definition) is 1. The van der Waals surface area contributed by atoms with Crippen LogP contribution in [0.1, 0.15) is 12.5 Å². The zero-order chi connectivity index (χ0) is 19.6. The maximum absolute atomic E-state index is 13.2. The zero-order valence-corrected chi connectivity index (χ0v) is 18.1. The lowest BCUT2D eigenvalue weighted by molar-refractivity contribution is 0.425. The molecule has 144 valence electrons. The first-order valence-electron chi connectivity index (χ1n) is 8.86. The van der Waals surface area contributed by atoms with Gasteiger partial charge in [-0.1, -0.05) is 28.9 Å². The topological polar surface area (TPSA) is 54.3 Å². The van der Waals surface area contributed by atoms with Gasteiger partial charge in [0.2, 0.25) is 0 Å². The predicted molar refractivity (Wildman–Crippen MR) is 115 cm³/mol. The minimum Gasteiger partial charge on any atom is -0.384 e. The Hall–Kier alpha value is -1.83. The Morgan fingerprint density at radius 1 is 1.11 bits per heavy atom. The molecule has 0 aliphatic rings. The van der Waals surface area contributed by atoms with Crippen LogP contribution in [-0.4, -0.2) is 44.5 Å². The Kier molecular flexibility index (Phi) is 5.93. The SMILES string of the molecule is CCc1ccc(S(=O)(=O)n2ccc3cc(Br)ccc32)cc1NCCN(C)C. The molecule has 1 heterocycles. The quantitative estimate of drug-likeness (QED) is 0.587. The second-order valence-corrected chi connectivity index (χ2v) is 9.45. The molecule has 27 heavy (non-hydrogen) atoms. The van der Waals surface area contributed by atoms with Crippen molar-refractivity contribution in [3.05, 3.63) is 58.7 Å². The molecule has 0 aliphatic heterocycles. The number of fused-ring (bicyclic) bond motifs is 1. The molecule has 0 radical (unpaired) electrons. The maximum atomic E-state index is 13.2. The fraction of sp³-hybridized carbons (Fsp3) is 0.300. The number of halogens is 1. The molecule has 0 saturated heterocycles. The van der Waals surface area contributed by atoms with Gasteiger partial charge in [-0.05, 0) is 62.5 Å². The van der Waals surface area contributed by atoms with Gasteiger partial charge < -0.3 is 10.2 Å². The molecule has 1 N–H and O–H groups in total. The Balaban J connectivity index is 2.00. The third-order valence-electron chi connectivity index (χ3n) is 4.51. The van der Waals surface area contributed by atoms with Gasteiger partial charge >= 0.3 is 0 Å². The summed E-state index contributed by atoms with van der Waals surface area (Å²) >= 11 is 3.43. The summed E-state index contributed by atoms with van der Waals surface area (Å²) in [6, 6.07) is 12.7. The van der Waals surface area contributed by atoms with Gasteiger partial charge in [0, 0.05) is 34.8 Å². The Labute approximate surface area is 169 Å². The number of hydrogen-bond acceptors (Lipinski definition) is 4. The Morgan fingerprint density at radius 3 is 2.59 bits per heavy atom. The van der Waals surface area contributed by atoms with Gasteiger partial charge in [-0.3, -0.25) is 0 Å². The van der Waals surface area contributed by atoms with Crippen molar-refractivity contribution in [1.29, 1.82) is 0 Å². The molecular weight excluding hydrogens is 426 g/mol. The van der Waals surface area contributed by atoms with E-state index in [-0.39, 0.29) is 4.90 Å². The van der Waals surface area contributed by atoms with Gasteiger partial charge in [0.05, 0.1) is 10.4 Å². The molecular formula is C20H24BrN3O2S. The minimum atomic E-state index is -3.67. The maximum Gasteiger partial charge on any atom is 0.268 e. The summed E-state index contributed by atoms with van der Waals surface area (Å²) in [6.07, 6.45) is 2.45. The van der Waals surface area contributed by atoms with Crippen LogP contribution < -0.4 is 5.32 Å². The van der Waals surface area contributed by atoms with Crippen LogP contribution in [0.5, 0.6) is 0 Å². The highest BCUT2D eigenvalue weighted by molar-refractivity contribution is 9.10. The minimum absolute atomic E-state index is 0.285. The van der Waals surface area contributed by atoms with Crippen molar-refractivity contribution in [3.8, 4) is 0 Å². The fourth-order valence-corrected chi connectivity index (χ4v) is 4.77. The first-order valence-corrected chi connectivity index (χ1v) is 11.1. The van der Waals surface area contributed by atoms with E-state index in [1.165, 1.54) is 3.97 Å². The van der Waals surface area contributed by atoms with Crippen LogP contribution in [0.25, 0.3) is 10.9 Å². The molecule has 1 aromatic heterocycles. The molecule has 0 unspecified atom stereocenters. The van der Waals surface area contributed by atoms with E-state index in [0.29, 0.717) is 5.52 Å². The normalized spacial score (nSPS) is 12.0. The first kappa shape index (κ1) is 19.9. The number of nitrogens with zero attached hydrogens (tertiary/aromatic N) is 2. The summed E-state index contributed by atoms with van der Waals surface area (Å²) in [7, 11) is 0.352. The molecule has 0 atom stereocenters. The van der Waals surface area contributed by atoms with Crippen LogP contribution >= 0.6 is 15.9 Å². The molecule has 3 aromatic rings.